The Hall–Kier alpha value is -2.74. The zero-order valence-corrected chi connectivity index (χ0v) is 31.1. The zero-order chi connectivity index (χ0) is 40.0. The fourth-order valence-electron chi connectivity index (χ4n) is 5.25. The summed E-state index contributed by atoms with van der Waals surface area (Å²) in [6.45, 7) is 3.06. The summed E-state index contributed by atoms with van der Waals surface area (Å²) < 4.78 is 37.0. The van der Waals surface area contributed by atoms with Crippen LogP contribution in [0.4, 0.5) is 5.82 Å². The highest BCUT2D eigenvalue weighted by atomic mass is 32.2. The number of methoxy groups -OCH3 is 2. The van der Waals surface area contributed by atoms with E-state index in [-0.39, 0.29) is 37.2 Å². The average Bonchev–Trinajstić information content (AvgIpc) is 3.35. The summed E-state index contributed by atoms with van der Waals surface area (Å²) >= 11 is 1.55. The van der Waals surface area contributed by atoms with Gasteiger partial charge in [0, 0.05) is 57.7 Å². The predicted molar refractivity (Wildman–Crippen MR) is 181 cm³/mol. The van der Waals surface area contributed by atoms with E-state index in [0.29, 0.717) is 12.4 Å². The normalized spacial score (nSPS) is 28.9. The highest BCUT2D eigenvalue weighted by Crippen LogP contribution is 2.37. The molecule has 1 amide bonds. The maximum atomic E-state index is 12.2. The number of aliphatic hydroxyl groups excluding tert-OH is 5. The van der Waals surface area contributed by atoms with Gasteiger partial charge in [0.2, 0.25) is 5.91 Å². The molecule has 0 aliphatic carbocycles. The van der Waals surface area contributed by atoms with Crippen LogP contribution in [0.5, 0.6) is 0 Å². The number of aromatic nitrogens is 2. The van der Waals surface area contributed by atoms with Crippen LogP contribution in [0.1, 0.15) is 26.5 Å². The quantitative estimate of drug-likeness (QED) is 0.0470. The molecule has 3 rings (SSSR count). The fourth-order valence-corrected chi connectivity index (χ4v) is 6.67. The van der Waals surface area contributed by atoms with Crippen molar-refractivity contribution in [3.05, 3.63) is 22.7 Å². The summed E-state index contributed by atoms with van der Waals surface area (Å²) in [5.74, 6) is -4.48. The summed E-state index contributed by atoms with van der Waals surface area (Å²) in [7, 11) is -0.714. The van der Waals surface area contributed by atoms with Crippen molar-refractivity contribution < 1.29 is 78.0 Å². The first kappa shape index (κ1) is 46.4. The van der Waals surface area contributed by atoms with E-state index in [1.165, 1.54) is 19.4 Å². The van der Waals surface area contributed by atoms with Crippen LogP contribution in [0.15, 0.2) is 17.1 Å². The molecule has 2 aliphatic rings. The predicted octanol–water partition coefficient (Wildman–Crippen LogP) is -4.56. The molecular weight excluding hydrogens is 753 g/mol. The number of hydrogen-bond donors (Lipinski definition) is 9. The molecule has 8 unspecified atom stereocenters. The number of carbonyl (C=O) groups is 3. The van der Waals surface area contributed by atoms with Crippen molar-refractivity contribution in [3.63, 3.8) is 0 Å². The minimum Gasteiger partial charge on any atom is -0.566 e. The standard InChI is InChI=1S/C19H33N2O12PS.C10H15N3O5/c1-10(9-35-5-4-31-3)13(24)7-20-8-14(25)16(26)17-15(21-11(2)22)12(23)6-19(32-17,18(27)28)33-34(29)30;1-17-4-5-7(14)8(15)9(18-5)13-3-2-6(11)12-10(13)16/h10,12,14-17,20,23,25-26H,4-9H2,1-3H3,(H,21,22)(H,27,28);2-3,5,7-9,14-15H,4H2,1H3,(H2,11,12,16)/t;5-,7-,8-,9-/m.1/s1. The molecule has 2 saturated heterocycles. The van der Waals surface area contributed by atoms with Crippen LogP contribution in [0, 0.1) is 5.92 Å². The lowest BCUT2D eigenvalue weighted by molar-refractivity contribution is -0.298. The van der Waals surface area contributed by atoms with Gasteiger partial charge >= 0.3 is 25.7 Å². The molecule has 302 valence electrons. The highest BCUT2D eigenvalue weighted by Gasteiger charge is 2.59. The first-order valence-electron chi connectivity index (χ1n) is 16.1. The second-order valence-corrected chi connectivity index (χ2v) is 13.9. The number of amides is 1. The maximum absolute atomic E-state index is 12.2. The van der Waals surface area contributed by atoms with Crippen LogP contribution < -0.4 is 27.0 Å². The number of ketones is 1. The SMILES string of the molecule is COCCSCC(C)C(=O)CNCC(O)C(O)C1OC(O[P+](=O)[O-])(C(=O)O)CC(O)C1NC(C)=O.COC[C@H]1O[C@@H](n2ccc(N)nc2=O)[C@H](O)[C@@H]1O. The van der Waals surface area contributed by atoms with E-state index < -0.39 is 93.0 Å². The highest BCUT2D eigenvalue weighted by molar-refractivity contribution is 7.99. The van der Waals surface area contributed by atoms with Gasteiger partial charge in [-0.15, -0.1) is 0 Å². The van der Waals surface area contributed by atoms with Crippen molar-refractivity contribution in [2.75, 3.05) is 57.8 Å². The summed E-state index contributed by atoms with van der Waals surface area (Å²) in [6, 6.07) is 0.0107. The van der Waals surface area contributed by atoms with Gasteiger partial charge in [-0.25, -0.2) is 9.59 Å². The van der Waals surface area contributed by atoms with E-state index in [9.17, 15) is 59.3 Å². The Kier molecular flexibility index (Phi) is 19.2. The molecule has 0 radical (unpaired) electrons. The number of Topliss-reactive ketones (excluding diaryl/α,β-unsaturated/α-hetero) is 1. The van der Waals surface area contributed by atoms with Gasteiger partial charge < -0.3 is 70.8 Å². The van der Waals surface area contributed by atoms with E-state index in [1.54, 1.807) is 25.8 Å². The van der Waals surface area contributed by atoms with Gasteiger partial charge in [0.1, 0.15) is 42.1 Å². The van der Waals surface area contributed by atoms with Crippen molar-refractivity contribution in [2.45, 2.75) is 81.1 Å². The number of anilines is 1. The zero-order valence-electron chi connectivity index (χ0n) is 29.4. The average molecular weight is 802 g/mol. The van der Waals surface area contributed by atoms with Gasteiger partial charge in [-0.05, 0) is 10.6 Å². The molecule has 10 N–H and O–H groups in total. The monoisotopic (exact) mass is 801 g/mol. The molecule has 53 heavy (non-hydrogen) atoms. The van der Waals surface area contributed by atoms with Gasteiger partial charge in [-0.3, -0.25) is 14.2 Å². The summed E-state index contributed by atoms with van der Waals surface area (Å²) in [4.78, 5) is 61.7. The van der Waals surface area contributed by atoms with Gasteiger partial charge in [0.15, 0.2) is 6.23 Å². The van der Waals surface area contributed by atoms with Crippen LogP contribution in [-0.2, 0) is 42.4 Å². The number of rotatable bonds is 19. The molecule has 0 saturated carbocycles. The fraction of sp³-hybridized carbons (Fsp3) is 0.759. The topological polar surface area (TPSA) is 344 Å². The minimum absolute atomic E-state index is 0.0812. The number of nitrogens with zero attached hydrogens (tertiary/aromatic N) is 2. The van der Waals surface area contributed by atoms with Gasteiger partial charge in [-0.1, -0.05) is 11.4 Å². The Labute approximate surface area is 308 Å². The second kappa shape index (κ2) is 22.0. The van der Waals surface area contributed by atoms with E-state index in [4.69, 9.17) is 24.7 Å². The Balaban J connectivity index is 0.000000448. The van der Waals surface area contributed by atoms with Gasteiger partial charge in [0.05, 0.1) is 38.0 Å². The number of nitrogen functional groups attached to an aromatic ring is 1. The lowest BCUT2D eigenvalue weighted by Gasteiger charge is -2.44. The molecule has 22 nitrogen and oxygen atoms in total. The van der Waals surface area contributed by atoms with Crippen molar-refractivity contribution in [1.82, 2.24) is 20.2 Å². The largest absolute Gasteiger partial charge is 0.566 e. The number of ether oxygens (including phenoxy) is 4. The number of carboxylic acids is 1. The molecule has 2 fully saturated rings. The third-order valence-corrected chi connectivity index (χ3v) is 9.65. The molecule has 12 atom stereocenters. The van der Waals surface area contributed by atoms with E-state index >= 15 is 0 Å². The number of nitrogens with one attached hydrogen (secondary N) is 2. The molecule has 24 heteroatoms. The van der Waals surface area contributed by atoms with Crippen molar-refractivity contribution >= 4 is 43.5 Å². The van der Waals surface area contributed by atoms with Crippen molar-refractivity contribution in [1.29, 1.82) is 0 Å². The first-order valence-corrected chi connectivity index (χ1v) is 18.3. The summed E-state index contributed by atoms with van der Waals surface area (Å²) in [6.07, 6.45) is -10.6. The molecule has 3 heterocycles. The van der Waals surface area contributed by atoms with Crippen LogP contribution in [0.25, 0.3) is 0 Å². The molecule has 0 aromatic carbocycles. The van der Waals surface area contributed by atoms with Gasteiger partial charge in [0.25, 0.3) is 0 Å². The number of thioether (sulfide) groups is 1. The van der Waals surface area contributed by atoms with Crippen LogP contribution in [-0.4, -0.2) is 164 Å². The van der Waals surface area contributed by atoms with Crippen LogP contribution in [0.3, 0.4) is 0 Å². The van der Waals surface area contributed by atoms with Crippen LogP contribution in [0.2, 0.25) is 0 Å². The number of carboxylic acid groups (broad SMARTS) is 1. The van der Waals surface area contributed by atoms with Gasteiger partial charge in [-0.2, -0.15) is 16.7 Å². The molecular formula is C29H48N5O17PS. The smallest absolute Gasteiger partial charge is 0.492 e. The third-order valence-electron chi connectivity index (χ3n) is 8.02. The lowest BCUT2D eigenvalue weighted by atomic mass is 9.88. The Bertz CT molecular complexity index is 1430. The van der Waals surface area contributed by atoms with E-state index in [0.717, 1.165) is 17.2 Å². The number of carbonyl (C=O) groups excluding carboxylic acids is 2. The molecule has 2 aliphatic heterocycles. The van der Waals surface area contributed by atoms with Crippen molar-refractivity contribution in [3.8, 4) is 0 Å². The lowest BCUT2D eigenvalue weighted by Crippen LogP contribution is -2.67. The van der Waals surface area contributed by atoms with E-state index in [2.05, 4.69) is 20.1 Å². The molecule has 1 aromatic rings. The number of hydrogen-bond acceptors (Lipinski definition) is 20. The summed E-state index contributed by atoms with van der Waals surface area (Å²) in [5.41, 5.74) is 4.72. The van der Waals surface area contributed by atoms with E-state index in [1.807, 2.05) is 0 Å². The summed E-state index contributed by atoms with van der Waals surface area (Å²) in [5, 5.41) is 65.6. The minimum atomic E-state index is -3.75. The van der Waals surface area contributed by atoms with Crippen molar-refractivity contribution in [2.24, 2.45) is 5.92 Å². The molecule has 0 spiro atoms. The maximum Gasteiger partial charge on any atom is 0.492 e. The Morgan fingerprint density at radius 3 is 2.47 bits per heavy atom. The third kappa shape index (κ3) is 13.5. The second-order valence-electron chi connectivity index (χ2n) is 12.1. The Morgan fingerprint density at radius 2 is 1.91 bits per heavy atom. The Morgan fingerprint density at radius 1 is 1.23 bits per heavy atom. The number of aliphatic hydroxyl groups is 5. The molecule has 1 aromatic heterocycles. The number of aliphatic carboxylic acids is 1. The number of nitrogens with two attached hydrogens (primary N) is 1. The first-order chi connectivity index (χ1) is 24.9. The molecule has 0 bridgehead atoms. The van der Waals surface area contributed by atoms with Crippen LogP contribution >= 0.6 is 20.0 Å².